The molecule has 0 fully saturated rings. The molecule has 3 rings (SSSR count). The molecule has 2 aromatic rings. The second-order valence-corrected chi connectivity index (χ2v) is 8.54. The monoisotopic (exact) mass is 399 g/mol. The van der Waals surface area contributed by atoms with Gasteiger partial charge < -0.3 is 0 Å². The highest BCUT2D eigenvalue weighted by molar-refractivity contribution is 5.83. The van der Waals surface area contributed by atoms with E-state index in [1.807, 2.05) is 12.1 Å². The van der Waals surface area contributed by atoms with Crippen LogP contribution in [0.4, 0.5) is 5.69 Å². The van der Waals surface area contributed by atoms with E-state index in [0.29, 0.717) is 5.69 Å². The molecule has 2 heteroatoms. The lowest BCUT2D eigenvalue weighted by atomic mass is 9.70. The van der Waals surface area contributed by atoms with Crippen molar-refractivity contribution >= 4 is 11.8 Å². The molecule has 0 heterocycles. The molecule has 1 aliphatic rings. The molecule has 0 bridgehead atoms. The van der Waals surface area contributed by atoms with Gasteiger partial charge in [0.05, 0.1) is 5.69 Å². The van der Waals surface area contributed by atoms with Crippen molar-refractivity contribution in [2.75, 3.05) is 0 Å². The van der Waals surface area contributed by atoms with Crippen LogP contribution in [0.25, 0.3) is 11.1 Å². The van der Waals surface area contributed by atoms with Crippen molar-refractivity contribution in [3.8, 4) is 23.5 Å². The van der Waals surface area contributed by atoms with Gasteiger partial charge in [-0.15, -0.1) is 6.42 Å². The lowest BCUT2D eigenvalue weighted by molar-refractivity contribution is 0.401. The van der Waals surface area contributed by atoms with Crippen LogP contribution in [0.3, 0.4) is 0 Å². The summed E-state index contributed by atoms with van der Waals surface area (Å²) >= 11 is 0. The Morgan fingerprint density at radius 2 is 1.43 bits per heavy atom. The standard InChI is InChI=1S/C28H33NO/c1-4-7-9-11-17-28(18-12-10-8-5-2)26-19-22(6-3)13-15-24(26)25-16-14-23(29-21-30)20-27(25)28/h3,13-16,19-20H,4-5,7-12,17-18H2,1-2H3. The summed E-state index contributed by atoms with van der Waals surface area (Å²) in [5.74, 6) is 2.84. The van der Waals surface area contributed by atoms with Gasteiger partial charge in [-0.2, -0.15) is 4.99 Å². The first-order chi connectivity index (χ1) is 14.7. The second kappa shape index (κ2) is 10.4. The van der Waals surface area contributed by atoms with Gasteiger partial charge in [0.1, 0.15) is 0 Å². The third-order valence-electron chi connectivity index (χ3n) is 6.60. The molecule has 0 atom stereocenters. The van der Waals surface area contributed by atoms with E-state index < -0.39 is 0 Å². The summed E-state index contributed by atoms with van der Waals surface area (Å²) in [5, 5.41) is 0. The zero-order valence-electron chi connectivity index (χ0n) is 18.5. The summed E-state index contributed by atoms with van der Waals surface area (Å²) in [4.78, 5) is 14.8. The Labute approximate surface area is 181 Å². The van der Waals surface area contributed by atoms with Gasteiger partial charge in [-0.25, -0.2) is 4.79 Å². The summed E-state index contributed by atoms with van der Waals surface area (Å²) in [6.07, 6.45) is 19.6. The fourth-order valence-electron chi connectivity index (χ4n) is 5.07. The third-order valence-corrected chi connectivity index (χ3v) is 6.60. The van der Waals surface area contributed by atoms with Gasteiger partial charge >= 0.3 is 0 Å². The van der Waals surface area contributed by atoms with E-state index in [1.54, 1.807) is 6.08 Å². The maximum absolute atomic E-state index is 10.9. The van der Waals surface area contributed by atoms with E-state index in [9.17, 15) is 4.79 Å². The van der Waals surface area contributed by atoms with Crippen LogP contribution in [0, 0.1) is 12.3 Å². The van der Waals surface area contributed by atoms with Crippen molar-refractivity contribution in [3.63, 3.8) is 0 Å². The highest BCUT2D eigenvalue weighted by Crippen LogP contribution is 2.55. The van der Waals surface area contributed by atoms with Crippen molar-refractivity contribution in [2.24, 2.45) is 4.99 Å². The first kappa shape index (κ1) is 22.1. The molecule has 0 aromatic heterocycles. The van der Waals surface area contributed by atoms with Gasteiger partial charge in [0, 0.05) is 11.0 Å². The number of unbranched alkanes of at least 4 members (excludes halogenated alkanes) is 6. The van der Waals surface area contributed by atoms with Crippen LogP contribution in [-0.4, -0.2) is 6.08 Å². The van der Waals surface area contributed by atoms with Gasteiger partial charge in [-0.05, 0) is 59.4 Å². The van der Waals surface area contributed by atoms with E-state index in [1.165, 1.54) is 73.6 Å². The minimum atomic E-state index is -0.0482. The van der Waals surface area contributed by atoms with Crippen LogP contribution in [-0.2, 0) is 10.2 Å². The molecule has 2 aromatic carbocycles. The molecule has 0 amide bonds. The SMILES string of the molecule is C#Cc1ccc2c(c1)C(CCCCCC)(CCCCCC)c1cc(N=C=O)ccc1-2. The molecule has 0 N–H and O–H groups in total. The van der Waals surface area contributed by atoms with Crippen molar-refractivity contribution in [1.29, 1.82) is 0 Å². The van der Waals surface area contributed by atoms with E-state index in [2.05, 4.69) is 49.0 Å². The van der Waals surface area contributed by atoms with Crippen molar-refractivity contribution < 1.29 is 4.79 Å². The van der Waals surface area contributed by atoms with Gasteiger partial charge in [0.25, 0.3) is 0 Å². The molecule has 0 radical (unpaired) electrons. The number of rotatable bonds is 11. The summed E-state index contributed by atoms with van der Waals surface area (Å²) in [5.41, 5.74) is 6.83. The van der Waals surface area contributed by atoms with E-state index >= 15 is 0 Å². The van der Waals surface area contributed by atoms with E-state index in [-0.39, 0.29) is 5.41 Å². The Bertz CT molecular complexity index is 947. The molecule has 0 unspecified atom stereocenters. The first-order valence-electron chi connectivity index (χ1n) is 11.5. The number of aliphatic imine (C=N–C) groups is 1. The van der Waals surface area contributed by atoms with Gasteiger partial charge in [-0.3, -0.25) is 0 Å². The van der Waals surface area contributed by atoms with Crippen LogP contribution in [0.15, 0.2) is 41.4 Å². The van der Waals surface area contributed by atoms with Crippen LogP contribution in [0.2, 0.25) is 0 Å². The van der Waals surface area contributed by atoms with Crippen molar-refractivity contribution in [1.82, 2.24) is 0 Å². The molecule has 2 nitrogen and oxygen atoms in total. The average molecular weight is 400 g/mol. The molecular formula is C28H33NO. The Morgan fingerprint density at radius 1 is 0.833 bits per heavy atom. The third kappa shape index (κ3) is 4.43. The van der Waals surface area contributed by atoms with Crippen LogP contribution in [0.5, 0.6) is 0 Å². The van der Waals surface area contributed by atoms with Gasteiger partial charge in [0.15, 0.2) is 0 Å². The number of fused-ring (bicyclic) bond motifs is 3. The van der Waals surface area contributed by atoms with Crippen LogP contribution in [0.1, 0.15) is 94.7 Å². The second-order valence-electron chi connectivity index (χ2n) is 8.54. The molecule has 30 heavy (non-hydrogen) atoms. The molecule has 156 valence electrons. The number of hydrogen-bond donors (Lipinski definition) is 0. The lowest BCUT2D eigenvalue weighted by Gasteiger charge is -2.33. The quantitative estimate of drug-likeness (QED) is 0.164. The largest absolute Gasteiger partial charge is 0.240 e. The minimum Gasteiger partial charge on any atom is -0.211 e. The molecule has 0 saturated carbocycles. The number of hydrogen-bond acceptors (Lipinski definition) is 2. The first-order valence-corrected chi connectivity index (χ1v) is 11.5. The summed E-state index contributed by atoms with van der Waals surface area (Å²) in [6.45, 7) is 4.51. The number of isocyanates is 1. The smallest absolute Gasteiger partial charge is 0.211 e. The van der Waals surface area contributed by atoms with Crippen molar-refractivity contribution in [2.45, 2.75) is 83.5 Å². The zero-order valence-corrected chi connectivity index (χ0v) is 18.5. The normalized spacial score (nSPS) is 13.2. The topological polar surface area (TPSA) is 29.4 Å². The maximum atomic E-state index is 10.9. The number of nitrogens with zero attached hydrogens (tertiary/aromatic N) is 1. The number of carbonyl (C=O) groups excluding carboxylic acids is 1. The number of terminal acetylenes is 1. The van der Waals surface area contributed by atoms with Gasteiger partial charge in [-0.1, -0.05) is 83.3 Å². The predicted octanol–water partition coefficient (Wildman–Crippen LogP) is 7.84. The van der Waals surface area contributed by atoms with Crippen LogP contribution < -0.4 is 0 Å². The minimum absolute atomic E-state index is 0.0482. The fourth-order valence-corrected chi connectivity index (χ4v) is 5.07. The average Bonchev–Trinajstić information content (AvgIpc) is 3.03. The summed E-state index contributed by atoms with van der Waals surface area (Å²) < 4.78 is 0. The zero-order chi connectivity index (χ0) is 21.4. The van der Waals surface area contributed by atoms with Crippen molar-refractivity contribution in [3.05, 3.63) is 53.1 Å². The predicted molar refractivity (Wildman–Crippen MR) is 126 cm³/mol. The summed E-state index contributed by atoms with van der Waals surface area (Å²) in [6, 6.07) is 12.6. The molecule has 0 aliphatic heterocycles. The van der Waals surface area contributed by atoms with E-state index in [4.69, 9.17) is 6.42 Å². The Kier molecular flexibility index (Phi) is 7.67. The molecular weight excluding hydrogens is 366 g/mol. The number of benzene rings is 2. The Morgan fingerprint density at radius 3 is 2.00 bits per heavy atom. The molecule has 1 aliphatic carbocycles. The summed E-state index contributed by atoms with van der Waals surface area (Å²) in [7, 11) is 0. The van der Waals surface area contributed by atoms with E-state index in [0.717, 1.165) is 18.4 Å². The highest BCUT2D eigenvalue weighted by Gasteiger charge is 2.42. The molecule has 0 spiro atoms. The highest BCUT2D eigenvalue weighted by atomic mass is 16.1. The molecule has 0 saturated heterocycles. The van der Waals surface area contributed by atoms with Crippen LogP contribution >= 0.6 is 0 Å². The Balaban J connectivity index is 2.12. The Hall–Kier alpha value is -2.62. The van der Waals surface area contributed by atoms with Gasteiger partial charge in [0.2, 0.25) is 6.08 Å². The maximum Gasteiger partial charge on any atom is 0.240 e. The fraction of sp³-hybridized carbons (Fsp3) is 0.464. The lowest BCUT2D eigenvalue weighted by Crippen LogP contribution is -2.25.